The van der Waals surface area contributed by atoms with Crippen molar-refractivity contribution in [3.63, 3.8) is 0 Å². The van der Waals surface area contributed by atoms with Gasteiger partial charge in [-0.15, -0.1) is 0 Å². The van der Waals surface area contributed by atoms with E-state index in [-0.39, 0.29) is 35.5 Å². The Morgan fingerprint density at radius 2 is 1.67 bits per heavy atom. The number of allylic oxidation sites excluding steroid dienone is 2. The van der Waals surface area contributed by atoms with Crippen molar-refractivity contribution in [1.82, 2.24) is 4.98 Å². The highest BCUT2D eigenvalue weighted by Gasteiger charge is 2.59. The molecule has 27 heavy (non-hydrogen) atoms. The lowest BCUT2D eigenvalue weighted by Crippen LogP contribution is -2.32. The predicted octanol–water partition coefficient (Wildman–Crippen LogP) is 3.81. The molecule has 0 N–H and O–H groups in total. The maximum atomic E-state index is 13.0. The van der Waals surface area contributed by atoms with Gasteiger partial charge in [-0.1, -0.05) is 30.4 Å². The fourth-order valence-electron chi connectivity index (χ4n) is 4.93. The molecule has 2 aliphatic carbocycles. The monoisotopic (exact) mass is 356 g/mol. The molecule has 5 heteroatoms. The van der Waals surface area contributed by atoms with Crippen LogP contribution < -0.4 is 4.90 Å². The molecule has 3 aliphatic rings. The second-order valence-corrected chi connectivity index (χ2v) is 7.55. The molecule has 0 spiro atoms. The van der Waals surface area contributed by atoms with Crippen LogP contribution in [0.4, 0.5) is 5.69 Å². The van der Waals surface area contributed by atoms with Gasteiger partial charge in [-0.3, -0.25) is 9.59 Å². The highest BCUT2D eigenvalue weighted by molar-refractivity contribution is 6.23. The van der Waals surface area contributed by atoms with Crippen molar-refractivity contribution in [3.05, 3.63) is 60.7 Å². The summed E-state index contributed by atoms with van der Waals surface area (Å²) in [6.07, 6.45) is 5.15. The Morgan fingerprint density at radius 3 is 2.41 bits per heavy atom. The van der Waals surface area contributed by atoms with E-state index in [0.29, 0.717) is 17.2 Å². The van der Waals surface area contributed by atoms with E-state index in [9.17, 15) is 9.59 Å². The minimum Gasteiger partial charge on any atom is -0.436 e. The van der Waals surface area contributed by atoms with E-state index >= 15 is 0 Å². The maximum Gasteiger partial charge on any atom is 0.238 e. The molecule has 1 saturated heterocycles. The number of carbonyl (C=O) groups excluding carboxylic acids is 2. The molecule has 3 aromatic rings. The van der Waals surface area contributed by atoms with E-state index < -0.39 is 0 Å². The number of benzene rings is 2. The molecule has 2 amide bonds. The maximum absolute atomic E-state index is 13.0. The average Bonchev–Trinajstić information content (AvgIpc) is 3.44. The number of nitrogens with zero attached hydrogens (tertiary/aromatic N) is 2. The fraction of sp³-hybridized carbons (Fsp3) is 0.227. The third-order valence-electron chi connectivity index (χ3n) is 6.12. The number of aromatic nitrogens is 1. The molecule has 5 nitrogen and oxygen atoms in total. The molecule has 1 saturated carbocycles. The number of carbonyl (C=O) groups is 2. The largest absolute Gasteiger partial charge is 0.436 e. The molecule has 2 bridgehead atoms. The van der Waals surface area contributed by atoms with Crippen molar-refractivity contribution < 1.29 is 14.0 Å². The van der Waals surface area contributed by atoms with E-state index in [0.717, 1.165) is 17.5 Å². The van der Waals surface area contributed by atoms with Crippen LogP contribution in [0.5, 0.6) is 0 Å². The lowest BCUT2D eigenvalue weighted by molar-refractivity contribution is -0.123. The number of amides is 2. The normalized spacial score (nSPS) is 28.5. The number of para-hydroxylation sites is 2. The summed E-state index contributed by atoms with van der Waals surface area (Å²) in [6.45, 7) is 0. The summed E-state index contributed by atoms with van der Waals surface area (Å²) in [4.78, 5) is 31.9. The molecular formula is C22H16N2O3. The van der Waals surface area contributed by atoms with Crippen molar-refractivity contribution >= 4 is 28.6 Å². The van der Waals surface area contributed by atoms with Crippen LogP contribution in [0, 0.1) is 23.7 Å². The Labute approximate surface area is 155 Å². The van der Waals surface area contributed by atoms with Crippen LogP contribution in [0.15, 0.2) is 65.1 Å². The smallest absolute Gasteiger partial charge is 0.238 e. The molecule has 1 aromatic heterocycles. The van der Waals surface area contributed by atoms with Crippen molar-refractivity contribution in [1.29, 1.82) is 0 Å². The average molecular weight is 356 g/mol. The summed E-state index contributed by atoms with van der Waals surface area (Å²) in [6, 6.07) is 14.9. The minimum absolute atomic E-state index is 0.0726. The van der Waals surface area contributed by atoms with Gasteiger partial charge in [0.15, 0.2) is 5.58 Å². The fourth-order valence-corrected chi connectivity index (χ4v) is 4.93. The molecule has 0 unspecified atom stereocenters. The zero-order valence-electron chi connectivity index (χ0n) is 14.4. The highest BCUT2D eigenvalue weighted by atomic mass is 16.3. The van der Waals surface area contributed by atoms with Crippen LogP contribution in [0.3, 0.4) is 0 Å². The second-order valence-electron chi connectivity index (χ2n) is 7.55. The molecular weight excluding hydrogens is 340 g/mol. The summed E-state index contributed by atoms with van der Waals surface area (Å²) in [5, 5.41) is 0. The molecule has 0 radical (unpaired) electrons. The third kappa shape index (κ3) is 1.97. The number of imide groups is 1. The Balaban J connectivity index is 1.40. The number of oxazole rings is 1. The first-order valence-electron chi connectivity index (χ1n) is 9.23. The first-order valence-corrected chi connectivity index (χ1v) is 9.23. The summed E-state index contributed by atoms with van der Waals surface area (Å²) in [5.74, 6) is 0.372. The van der Waals surface area contributed by atoms with E-state index in [4.69, 9.17) is 4.42 Å². The molecule has 4 atom stereocenters. The van der Waals surface area contributed by atoms with Crippen LogP contribution >= 0.6 is 0 Å². The van der Waals surface area contributed by atoms with Crippen LogP contribution in [0.1, 0.15) is 6.42 Å². The Morgan fingerprint density at radius 1 is 0.926 bits per heavy atom. The van der Waals surface area contributed by atoms with E-state index in [1.54, 1.807) is 6.07 Å². The van der Waals surface area contributed by atoms with Crippen LogP contribution in [-0.2, 0) is 9.59 Å². The Hall–Kier alpha value is -3.21. The van der Waals surface area contributed by atoms with Crippen LogP contribution in [0.25, 0.3) is 22.6 Å². The van der Waals surface area contributed by atoms with Crippen LogP contribution in [0.2, 0.25) is 0 Å². The number of rotatable bonds is 2. The topological polar surface area (TPSA) is 63.4 Å². The summed E-state index contributed by atoms with van der Waals surface area (Å²) < 4.78 is 5.83. The van der Waals surface area contributed by atoms with Crippen LogP contribution in [-0.4, -0.2) is 16.8 Å². The lowest BCUT2D eigenvalue weighted by Gasteiger charge is -2.17. The molecule has 2 fully saturated rings. The van der Waals surface area contributed by atoms with E-state index in [1.165, 1.54) is 4.90 Å². The van der Waals surface area contributed by atoms with Gasteiger partial charge in [0.05, 0.1) is 17.5 Å². The van der Waals surface area contributed by atoms with E-state index in [2.05, 4.69) is 17.1 Å². The highest BCUT2D eigenvalue weighted by Crippen LogP contribution is 2.53. The van der Waals surface area contributed by atoms with Crippen molar-refractivity contribution in [2.24, 2.45) is 23.7 Å². The summed E-state index contributed by atoms with van der Waals surface area (Å²) in [5.41, 5.74) is 2.84. The van der Waals surface area contributed by atoms with Crippen molar-refractivity contribution in [2.75, 3.05) is 4.90 Å². The Kier molecular flexibility index (Phi) is 2.85. The third-order valence-corrected chi connectivity index (χ3v) is 6.12. The van der Waals surface area contributed by atoms with Gasteiger partial charge in [-0.05, 0) is 48.6 Å². The molecule has 6 rings (SSSR count). The van der Waals surface area contributed by atoms with Gasteiger partial charge in [0.1, 0.15) is 5.52 Å². The number of anilines is 1. The van der Waals surface area contributed by atoms with Crippen molar-refractivity contribution in [3.8, 4) is 11.5 Å². The Bertz CT molecular complexity index is 1080. The minimum atomic E-state index is -0.194. The molecule has 2 aromatic carbocycles. The molecule has 2 heterocycles. The first-order chi connectivity index (χ1) is 13.2. The predicted molar refractivity (Wildman–Crippen MR) is 99.7 cm³/mol. The van der Waals surface area contributed by atoms with Gasteiger partial charge in [-0.25, -0.2) is 9.88 Å². The first kappa shape index (κ1) is 14.9. The van der Waals surface area contributed by atoms with Gasteiger partial charge in [0.25, 0.3) is 0 Å². The zero-order valence-corrected chi connectivity index (χ0v) is 14.4. The number of hydrogen-bond acceptors (Lipinski definition) is 4. The van der Waals surface area contributed by atoms with Gasteiger partial charge in [-0.2, -0.15) is 0 Å². The zero-order chi connectivity index (χ0) is 18.1. The molecule has 1 aliphatic heterocycles. The van der Waals surface area contributed by atoms with Gasteiger partial charge in [0, 0.05) is 5.56 Å². The summed E-state index contributed by atoms with van der Waals surface area (Å²) in [7, 11) is 0. The second kappa shape index (κ2) is 5.16. The number of fused-ring (bicyclic) bond motifs is 6. The van der Waals surface area contributed by atoms with Gasteiger partial charge in [0.2, 0.25) is 17.7 Å². The molecule has 132 valence electrons. The number of hydrogen-bond donors (Lipinski definition) is 0. The lowest BCUT2D eigenvalue weighted by atomic mass is 9.85. The van der Waals surface area contributed by atoms with E-state index in [1.807, 2.05) is 42.5 Å². The van der Waals surface area contributed by atoms with Crippen molar-refractivity contribution in [2.45, 2.75) is 6.42 Å². The summed E-state index contributed by atoms with van der Waals surface area (Å²) >= 11 is 0. The van der Waals surface area contributed by atoms with Gasteiger partial charge >= 0.3 is 0 Å². The standard InChI is InChI=1S/C22H16N2O3/c25-21-18-12-8-9-13(10-12)19(18)22(26)24(21)15-5-3-4-14(11-15)20-23-16-6-1-2-7-17(16)27-20/h1-9,11-13,18-19H,10H2/t12-,13-,18-,19+/m0/s1. The quantitative estimate of drug-likeness (QED) is 0.517. The SMILES string of the molecule is O=C1[C@@H]2[C@H](C(=O)N1c1cccc(-c3nc4ccccc4o3)c1)[C@H]1C=C[C@H]2C1. The van der Waals surface area contributed by atoms with Gasteiger partial charge < -0.3 is 4.42 Å².